The second kappa shape index (κ2) is 3.59. The van der Waals surface area contributed by atoms with Gasteiger partial charge < -0.3 is 15.5 Å². The fraction of sp³-hybridized carbons (Fsp3) is 0.455. The zero-order chi connectivity index (χ0) is 10.0. The molecule has 3 heteroatoms. The lowest BCUT2D eigenvalue weighted by Gasteiger charge is -2.21. The normalized spacial score (nSPS) is 26.6. The van der Waals surface area contributed by atoms with Crippen LogP contribution in [0.4, 0.5) is 0 Å². The van der Waals surface area contributed by atoms with Gasteiger partial charge in [0, 0.05) is 13.0 Å². The van der Waals surface area contributed by atoms with Crippen molar-refractivity contribution in [2.24, 2.45) is 0 Å². The summed E-state index contributed by atoms with van der Waals surface area (Å²) in [5, 5.41) is 22.8. The van der Waals surface area contributed by atoms with Gasteiger partial charge in [-0.05, 0) is 24.6 Å². The fourth-order valence-electron chi connectivity index (χ4n) is 1.90. The smallest absolute Gasteiger partial charge is 0.118 e. The van der Waals surface area contributed by atoms with Gasteiger partial charge in [-0.15, -0.1) is 0 Å². The zero-order valence-electron chi connectivity index (χ0n) is 8.03. The van der Waals surface area contributed by atoms with Gasteiger partial charge in [-0.25, -0.2) is 0 Å². The first-order valence-corrected chi connectivity index (χ1v) is 4.90. The molecule has 0 amide bonds. The van der Waals surface area contributed by atoms with Crippen molar-refractivity contribution in [3.63, 3.8) is 0 Å². The number of β-amino-alcohol motifs (C(OH)–C–C–N with tert-alkyl or cyclic N) is 1. The van der Waals surface area contributed by atoms with Crippen molar-refractivity contribution in [2.75, 3.05) is 13.1 Å². The Bertz CT molecular complexity index is 319. The van der Waals surface area contributed by atoms with Gasteiger partial charge in [0.2, 0.25) is 0 Å². The van der Waals surface area contributed by atoms with Crippen molar-refractivity contribution in [1.82, 2.24) is 5.32 Å². The quantitative estimate of drug-likeness (QED) is 0.646. The molecule has 1 unspecified atom stereocenters. The molecule has 3 nitrogen and oxygen atoms in total. The standard InChI is InChI=1S/C11H15NO2/c13-10-4-2-1-3-9(10)7-11(14)5-6-12-8-11/h1-4,12-14H,5-8H2. The summed E-state index contributed by atoms with van der Waals surface area (Å²) < 4.78 is 0. The van der Waals surface area contributed by atoms with Crippen LogP contribution in [0.25, 0.3) is 0 Å². The monoisotopic (exact) mass is 193 g/mol. The third-order valence-corrected chi connectivity index (χ3v) is 2.73. The van der Waals surface area contributed by atoms with Crippen LogP contribution in [0.3, 0.4) is 0 Å². The third-order valence-electron chi connectivity index (χ3n) is 2.73. The third kappa shape index (κ3) is 1.89. The van der Waals surface area contributed by atoms with Crippen molar-refractivity contribution in [3.05, 3.63) is 29.8 Å². The Hall–Kier alpha value is -1.06. The van der Waals surface area contributed by atoms with Crippen LogP contribution in [-0.4, -0.2) is 28.9 Å². The molecule has 1 fully saturated rings. The Morgan fingerprint density at radius 1 is 1.36 bits per heavy atom. The van der Waals surface area contributed by atoms with Gasteiger partial charge in [0.25, 0.3) is 0 Å². The van der Waals surface area contributed by atoms with Crippen LogP contribution in [0.2, 0.25) is 0 Å². The van der Waals surface area contributed by atoms with E-state index in [0.717, 1.165) is 18.5 Å². The van der Waals surface area contributed by atoms with Gasteiger partial charge in [-0.3, -0.25) is 0 Å². The average Bonchev–Trinajstić information content (AvgIpc) is 2.57. The minimum Gasteiger partial charge on any atom is -0.508 e. The highest BCUT2D eigenvalue weighted by molar-refractivity contribution is 5.33. The van der Waals surface area contributed by atoms with E-state index in [-0.39, 0.29) is 5.75 Å². The van der Waals surface area contributed by atoms with Gasteiger partial charge in [-0.2, -0.15) is 0 Å². The topological polar surface area (TPSA) is 52.5 Å². The Morgan fingerprint density at radius 2 is 2.14 bits per heavy atom. The largest absolute Gasteiger partial charge is 0.508 e. The Balaban J connectivity index is 2.14. The molecule has 0 aliphatic carbocycles. The van der Waals surface area contributed by atoms with Crippen LogP contribution < -0.4 is 5.32 Å². The summed E-state index contributed by atoms with van der Waals surface area (Å²) in [4.78, 5) is 0. The summed E-state index contributed by atoms with van der Waals surface area (Å²) in [6.45, 7) is 1.46. The molecule has 14 heavy (non-hydrogen) atoms. The number of nitrogens with one attached hydrogen (secondary N) is 1. The molecule has 0 saturated carbocycles. The lowest BCUT2D eigenvalue weighted by molar-refractivity contribution is 0.0612. The maximum atomic E-state index is 10.1. The van der Waals surface area contributed by atoms with Gasteiger partial charge in [0.05, 0.1) is 5.60 Å². The molecule has 1 heterocycles. The zero-order valence-corrected chi connectivity index (χ0v) is 8.03. The Kier molecular flexibility index (Phi) is 2.44. The lowest BCUT2D eigenvalue weighted by Crippen LogP contribution is -2.33. The molecular weight excluding hydrogens is 178 g/mol. The van der Waals surface area contributed by atoms with Gasteiger partial charge >= 0.3 is 0 Å². The van der Waals surface area contributed by atoms with Crippen LogP contribution >= 0.6 is 0 Å². The summed E-state index contributed by atoms with van der Waals surface area (Å²) >= 11 is 0. The summed E-state index contributed by atoms with van der Waals surface area (Å²) in [5.41, 5.74) is 0.137. The molecule has 1 saturated heterocycles. The highest BCUT2D eigenvalue weighted by Crippen LogP contribution is 2.25. The lowest BCUT2D eigenvalue weighted by atomic mass is 9.93. The van der Waals surface area contributed by atoms with E-state index in [4.69, 9.17) is 0 Å². The molecule has 0 bridgehead atoms. The van der Waals surface area contributed by atoms with E-state index < -0.39 is 5.60 Å². The second-order valence-corrected chi connectivity index (χ2v) is 3.96. The van der Waals surface area contributed by atoms with Gasteiger partial charge in [0.15, 0.2) is 0 Å². The van der Waals surface area contributed by atoms with E-state index in [2.05, 4.69) is 5.32 Å². The van der Waals surface area contributed by atoms with Gasteiger partial charge in [-0.1, -0.05) is 18.2 Å². The van der Waals surface area contributed by atoms with Crippen LogP contribution in [0.5, 0.6) is 5.75 Å². The molecule has 0 spiro atoms. The molecule has 0 radical (unpaired) electrons. The van der Waals surface area contributed by atoms with Crippen LogP contribution in [0.1, 0.15) is 12.0 Å². The number of benzene rings is 1. The molecule has 1 aliphatic heterocycles. The number of hydrogen-bond donors (Lipinski definition) is 3. The molecule has 2 rings (SSSR count). The van der Waals surface area contributed by atoms with Crippen LogP contribution in [0.15, 0.2) is 24.3 Å². The minimum absolute atomic E-state index is 0.271. The maximum absolute atomic E-state index is 10.1. The van der Waals surface area contributed by atoms with E-state index in [9.17, 15) is 10.2 Å². The van der Waals surface area contributed by atoms with Crippen molar-refractivity contribution in [1.29, 1.82) is 0 Å². The number of rotatable bonds is 2. The Morgan fingerprint density at radius 3 is 2.79 bits per heavy atom. The molecule has 0 aromatic heterocycles. The van der Waals surface area contributed by atoms with Crippen molar-refractivity contribution in [3.8, 4) is 5.75 Å². The van der Waals surface area contributed by atoms with E-state index in [1.807, 2.05) is 12.1 Å². The van der Waals surface area contributed by atoms with E-state index in [0.29, 0.717) is 13.0 Å². The predicted octanol–water partition coefficient (Wildman–Crippen LogP) is 0.659. The maximum Gasteiger partial charge on any atom is 0.118 e. The van der Waals surface area contributed by atoms with Gasteiger partial charge in [0.1, 0.15) is 5.75 Å². The predicted molar refractivity (Wildman–Crippen MR) is 54.2 cm³/mol. The summed E-state index contributed by atoms with van der Waals surface area (Å²) in [6, 6.07) is 7.17. The summed E-state index contributed by atoms with van der Waals surface area (Å²) in [7, 11) is 0. The number of aliphatic hydroxyl groups is 1. The second-order valence-electron chi connectivity index (χ2n) is 3.96. The molecule has 1 aromatic rings. The highest BCUT2D eigenvalue weighted by Gasteiger charge is 2.31. The van der Waals surface area contributed by atoms with Crippen LogP contribution in [0, 0.1) is 0 Å². The number of aromatic hydroxyl groups is 1. The van der Waals surface area contributed by atoms with E-state index >= 15 is 0 Å². The average molecular weight is 193 g/mol. The van der Waals surface area contributed by atoms with Crippen molar-refractivity contribution in [2.45, 2.75) is 18.4 Å². The van der Waals surface area contributed by atoms with E-state index in [1.165, 1.54) is 0 Å². The number of hydrogen-bond acceptors (Lipinski definition) is 3. The van der Waals surface area contributed by atoms with Crippen molar-refractivity contribution >= 4 is 0 Å². The summed E-state index contributed by atoms with van der Waals surface area (Å²) in [5.74, 6) is 0.271. The Labute approximate surface area is 83.4 Å². The molecular formula is C11H15NO2. The molecule has 76 valence electrons. The fourth-order valence-corrected chi connectivity index (χ4v) is 1.90. The van der Waals surface area contributed by atoms with E-state index in [1.54, 1.807) is 12.1 Å². The molecule has 3 N–H and O–H groups in total. The molecule has 1 aromatic carbocycles. The minimum atomic E-state index is -0.682. The number of phenols is 1. The number of para-hydroxylation sites is 1. The van der Waals surface area contributed by atoms with Crippen molar-refractivity contribution < 1.29 is 10.2 Å². The molecule has 1 aliphatic rings. The first-order chi connectivity index (χ1) is 6.70. The SMILES string of the molecule is Oc1ccccc1CC1(O)CCNC1. The number of phenolic OH excluding ortho intramolecular Hbond substituents is 1. The summed E-state index contributed by atoms with van der Waals surface area (Å²) in [6.07, 6.45) is 1.27. The highest BCUT2D eigenvalue weighted by atomic mass is 16.3. The first-order valence-electron chi connectivity index (χ1n) is 4.90. The van der Waals surface area contributed by atoms with Crippen LogP contribution in [-0.2, 0) is 6.42 Å². The molecule has 1 atom stereocenters. The first kappa shape index (κ1) is 9.49.